The molecule has 8 heteroatoms. The number of hydrogen-bond donors (Lipinski definition) is 0. The molecular formula is C22H18N2O4S2. The minimum absolute atomic E-state index is 0.0379. The number of thioether (sulfide) groups is 1. The number of amides is 2. The van der Waals surface area contributed by atoms with Crippen molar-refractivity contribution in [3.05, 3.63) is 70.6 Å². The van der Waals surface area contributed by atoms with E-state index >= 15 is 0 Å². The van der Waals surface area contributed by atoms with E-state index in [4.69, 9.17) is 12.2 Å². The van der Waals surface area contributed by atoms with Crippen molar-refractivity contribution in [2.75, 3.05) is 18.6 Å². The van der Waals surface area contributed by atoms with Crippen molar-refractivity contribution >= 4 is 57.3 Å². The predicted molar refractivity (Wildman–Crippen MR) is 120 cm³/mol. The lowest BCUT2D eigenvalue weighted by Gasteiger charge is -2.17. The highest BCUT2D eigenvalue weighted by atomic mass is 32.2. The second-order valence-electron chi connectivity index (χ2n) is 6.75. The van der Waals surface area contributed by atoms with Crippen LogP contribution in [0.3, 0.4) is 0 Å². The summed E-state index contributed by atoms with van der Waals surface area (Å²) in [6.07, 6.45) is 0.0379. The summed E-state index contributed by atoms with van der Waals surface area (Å²) >= 11 is 6.45. The number of methoxy groups -OCH3 is 1. The number of esters is 1. The van der Waals surface area contributed by atoms with Crippen LogP contribution in [-0.2, 0) is 25.7 Å². The number of benzene rings is 2. The third kappa shape index (κ3) is 3.64. The normalized spacial score (nSPS) is 18.2. The van der Waals surface area contributed by atoms with Crippen molar-refractivity contribution in [2.45, 2.75) is 13.0 Å². The molecule has 2 aliphatic heterocycles. The smallest absolute Gasteiger partial charge is 0.307 e. The fourth-order valence-corrected chi connectivity index (χ4v) is 4.85. The van der Waals surface area contributed by atoms with Crippen LogP contribution in [0.25, 0.3) is 5.57 Å². The monoisotopic (exact) mass is 438 g/mol. The van der Waals surface area contributed by atoms with Crippen molar-refractivity contribution in [2.24, 2.45) is 0 Å². The molecule has 1 saturated heterocycles. The number of rotatable bonds is 5. The van der Waals surface area contributed by atoms with Crippen LogP contribution in [0.2, 0.25) is 0 Å². The molecule has 0 atom stereocenters. The molecule has 2 aromatic rings. The van der Waals surface area contributed by atoms with E-state index in [9.17, 15) is 14.4 Å². The molecule has 6 nitrogen and oxygen atoms in total. The third-order valence-electron chi connectivity index (χ3n) is 4.95. The van der Waals surface area contributed by atoms with Crippen LogP contribution in [0, 0.1) is 0 Å². The summed E-state index contributed by atoms with van der Waals surface area (Å²) in [6.45, 7) is 0.528. The van der Waals surface area contributed by atoms with Crippen molar-refractivity contribution in [3.8, 4) is 0 Å². The fourth-order valence-electron chi connectivity index (χ4n) is 3.47. The molecule has 0 aromatic heterocycles. The van der Waals surface area contributed by atoms with E-state index in [1.165, 1.54) is 12.0 Å². The second-order valence-corrected chi connectivity index (χ2v) is 8.39. The molecule has 2 amide bonds. The maximum Gasteiger partial charge on any atom is 0.307 e. The van der Waals surface area contributed by atoms with Crippen molar-refractivity contribution < 1.29 is 19.1 Å². The fraction of sp³-hybridized carbons (Fsp3) is 0.182. The molecule has 0 N–H and O–H groups in total. The van der Waals surface area contributed by atoms with Gasteiger partial charge in [-0.2, -0.15) is 0 Å². The summed E-state index contributed by atoms with van der Waals surface area (Å²) < 4.78 is 4.97. The molecule has 0 aliphatic carbocycles. The van der Waals surface area contributed by atoms with Crippen LogP contribution in [0.5, 0.6) is 0 Å². The first-order valence-corrected chi connectivity index (χ1v) is 10.5. The van der Waals surface area contributed by atoms with Gasteiger partial charge in [-0.05, 0) is 11.6 Å². The SMILES string of the molecule is COC(=O)CCN1C(=O)/C(=C2/C(=O)N(Cc3ccccc3)c3ccccc32)SC1=S. The van der Waals surface area contributed by atoms with Crippen LogP contribution in [0.1, 0.15) is 17.5 Å². The summed E-state index contributed by atoms with van der Waals surface area (Å²) in [6, 6.07) is 17.1. The van der Waals surface area contributed by atoms with Crippen LogP contribution < -0.4 is 4.90 Å². The number of hydrogen-bond acceptors (Lipinski definition) is 6. The molecule has 2 aliphatic rings. The van der Waals surface area contributed by atoms with Gasteiger partial charge in [-0.3, -0.25) is 19.3 Å². The number of nitrogens with zero attached hydrogens (tertiary/aromatic N) is 2. The van der Waals surface area contributed by atoms with Crippen molar-refractivity contribution in [3.63, 3.8) is 0 Å². The average Bonchev–Trinajstić information content (AvgIpc) is 3.19. The lowest BCUT2D eigenvalue weighted by molar-refractivity contribution is -0.141. The number of ether oxygens (including phenoxy) is 1. The Morgan fingerprint density at radius 1 is 1.00 bits per heavy atom. The highest BCUT2D eigenvalue weighted by molar-refractivity contribution is 8.26. The van der Waals surface area contributed by atoms with E-state index in [1.54, 1.807) is 4.90 Å². The lowest BCUT2D eigenvalue weighted by atomic mass is 10.1. The van der Waals surface area contributed by atoms with Crippen LogP contribution in [0.4, 0.5) is 5.69 Å². The zero-order valence-electron chi connectivity index (χ0n) is 16.2. The van der Waals surface area contributed by atoms with E-state index in [-0.39, 0.29) is 24.8 Å². The van der Waals surface area contributed by atoms with E-state index < -0.39 is 5.97 Å². The average molecular weight is 439 g/mol. The second kappa shape index (κ2) is 8.41. The van der Waals surface area contributed by atoms with Gasteiger partial charge in [0.05, 0.1) is 36.2 Å². The van der Waals surface area contributed by atoms with Crippen molar-refractivity contribution in [1.82, 2.24) is 4.90 Å². The Morgan fingerprint density at radius 3 is 2.43 bits per heavy atom. The number of carbonyl (C=O) groups is 3. The van der Waals surface area contributed by atoms with Gasteiger partial charge in [0.1, 0.15) is 4.32 Å². The van der Waals surface area contributed by atoms with E-state index in [1.807, 2.05) is 54.6 Å². The van der Waals surface area contributed by atoms with Gasteiger partial charge in [0.2, 0.25) is 0 Å². The zero-order chi connectivity index (χ0) is 21.3. The molecule has 4 rings (SSSR count). The lowest BCUT2D eigenvalue weighted by Crippen LogP contribution is -2.31. The summed E-state index contributed by atoms with van der Waals surface area (Å²) in [7, 11) is 1.30. The Balaban J connectivity index is 1.69. The molecule has 1 fully saturated rings. The third-order valence-corrected chi connectivity index (χ3v) is 6.40. The first-order chi connectivity index (χ1) is 14.5. The topological polar surface area (TPSA) is 66.9 Å². The minimum atomic E-state index is -0.423. The number of anilines is 1. The standard InChI is InChI=1S/C22H18N2O4S2/c1-28-17(25)11-12-23-21(27)19(30-22(23)29)18-15-9-5-6-10-16(15)24(20(18)26)13-14-7-3-2-4-8-14/h2-10H,11-13H2,1H3/b19-18-. The van der Waals surface area contributed by atoms with Crippen LogP contribution in [-0.4, -0.2) is 40.7 Å². The molecule has 30 heavy (non-hydrogen) atoms. The van der Waals surface area contributed by atoms with Crippen LogP contribution in [0.15, 0.2) is 59.5 Å². The highest BCUT2D eigenvalue weighted by Gasteiger charge is 2.41. The first kappa shape index (κ1) is 20.3. The minimum Gasteiger partial charge on any atom is -0.469 e. The number of fused-ring (bicyclic) bond motifs is 1. The van der Waals surface area contributed by atoms with E-state index in [2.05, 4.69) is 4.74 Å². The van der Waals surface area contributed by atoms with Gasteiger partial charge in [-0.1, -0.05) is 72.5 Å². The maximum atomic E-state index is 13.4. The summed E-state index contributed by atoms with van der Waals surface area (Å²) in [5.41, 5.74) is 2.83. The number of carbonyl (C=O) groups excluding carboxylic acids is 3. The molecule has 0 radical (unpaired) electrons. The Kier molecular flexibility index (Phi) is 5.69. The Morgan fingerprint density at radius 2 is 1.70 bits per heavy atom. The number of para-hydroxylation sites is 1. The molecule has 0 unspecified atom stereocenters. The van der Waals surface area contributed by atoms with Gasteiger partial charge < -0.3 is 9.64 Å². The largest absolute Gasteiger partial charge is 0.469 e. The highest BCUT2D eigenvalue weighted by Crippen LogP contribution is 2.44. The van der Waals surface area contributed by atoms with Gasteiger partial charge in [0, 0.05) is 12.1 Å². The van der Waals surface area contributed by atoms with Gasteiger partial charge >= 0.3 is 5.97 Å². The van der Waals surface area contributed by atoms with E-state index in [0.29, 0.717) is 26.9 Å². The molecular weight excluding hydrogens is 420 g/mol. The summed E-state index contributed by atoms with van der Waals surface area (Å²) in [5.74, 6) is -1.00. The number of thiocarbonyl (C=S) groups is 1. The molecule has 0 saturated carbocycles. The van der Waals surface area contributed by atoms with E-state index in [0.717, 1.165) is 23.0 Å². The quantitative estimate of drug-likeness (QED) is 0.405. The first-order valence-electron chi connectivity index (χ1n) is 9.31. The van der Waals surface area contributed by atoms with Crippen molar-refractivity contribution in [1.29, 1.82) is 0 Å². The molecule has 0 bridgehead atoms. The van der Waals surface area contributed by atoms with Gasteiger partial charge in [0.25, 0.3) is 11.8 Å². The predicted octanol–water partition coefficient (Wildman–Crippen LogP) is 3.37. The molecule has 0 spiro atoms. The van der Waals surface area contributed by atoms with Gasteiger partial charge in [-0.25, -0.2) is 0 Å². The van der Waals surface area contributed by atoms with Gasteiger partial charge in [0.15, 0.2) is 0 Å². The zero-order valence-corrected chi connectivity index (χ0v) is 17.8. The maximum absolute atomic E-state index is 13.4. The molecule has 2 aromatic carbocycles. The Hall–Kier alpha value is -2.97. The molecule has 152 valence electrons. The molecule has 2 heterocycles. The Bertz CT molecular complexity index is 1080. The summed E-state index contributed by atoms with van der Waals surface area (Å²) in [4.78, 5) is 41.3. The summed E-state index contributed by atoms with van der Waals surface area (Å²) in [5, 5.41) is 0. The van der Waals surface area contributed by atoms with Gasteiger partial charge in [-0.15, -0.1) is 0 Å². The Labute approximate surface area is 183 Å². The van der Waals surface area contributed by atoms with Crippen LogP contribution >= 0.6 is 24.0 Å².